The first-order valence-electron chi connectivity index (χ1n) is 18.4. The van der Waals surface area contributed by atoms with Gasteiger partial charge in [-0.15, -0.1) is 0 Å². The van der Waals surface area contributed by atoms with E-state index in [-0.39, 0.29) is 34.3 Å². The molecule has 0 spiro atoms. The first kappa shape index (κ1) is 35.7. The highest BCUT2D eigenvalue weighted by atomic mass is 35.5. The molecule has 2 aliphatic heterocycles. The van der Waals surface area contributed by atoms with Crippen molar-refractivity contribution in [2.75, 3.05) is 50.7 Å². The minimum atomic E-state index is -0.159. The van der Waals surface area contributed by atoms with Gasteiger partial charge in [-0.25, -0.2) is 15.0 Å². The van der Waals surface area contributed by atoms with Crippen molar-refractivity contribution in [3.8, 4) is 11.8 Å². The van der Waals surface area contributed by atoms with Crippen molar-refractivity contribution in [3.05, 3.63) is 80.7 Å². The molecule has 14 heteroatoms. The zero-order valence-corrected chi connectivity index (χ0v) is 30.3. The Morgan fingerprint density at radius 1 is 0.942 bits per heavy atom. The topological polar surface area (TPSA) is 156 Å². The fraction of sp³-hybridized carbons (Fsp3) is 0.500. The quantitative estimate of drug-likeness (QED) is 0.240. The van der Waals surface area contributed by atoms with Crippen molar-refractivity contribution >= 4 is 34.5 Å². The summed E-state index contributed by atoms with van der Waals surface area (Å²) in [6, 6.07) is 7.59. The number of aromatic nitrogens is 5. The first-order chi connectivity index (χ1) is 25.3. The van der Waals surface area contributed by atoms with Crippen molar-refractivity contribution in [2.24, 2.45) is 5.92 Å². The molecule has 6 heterocycles. The van der Waals surface area contributed by atoms with Crippen molar-refractivity contribution in [1.29, 1.82) is 5.26 Å². The summed E-state index contributed by atoms with van der Waals surface area (Å²) < 4.78 is 6.02. The van der Waals surface area contributed by atoms with Gasteiger partial charge in [-0.3, -0.25) is 19.5 Å². The van der Waals surface area contributed by atoms with E-state index >= 15 is 0 Å². The second-order valence-electron chi connectivity index (χ2n) is 14.2. The van der Waals surface area contributed by atoms with Gasteiger partial charge in [0.15, 0.2) is 5.69 Å². The first-order valence-corrected chi connectivity index (χ1v) is 18.8. The highest BCUT2D eigenvalue weighted by molar-refractivity contribution is 6.31. The molecule has 4 aromatic rings. The average molecular weight is 725 g/mol. The maximum atomic E-state index is 13.0. The Labute approximate surface area is 308 Å². The molecule has 4 aromatic heterocycles. The van der Waals surface area contributed by atoms with Crippen LogP contribution in [0.3, 0.4) is 0 Å². The Hall–Kier alpha value is -4.64. The van der Waals surface area contributed by atoms with E-state index in [9.17, 15) is 9.59 Å². The summed E-state index contributed by atoms with van der Waals surface area (Å²) in [5, 5.41) is 12.4. The van der Waals surface area contributed by atoms with Gasteiger partial charge in [-0.2, -0.15) is 5.26 Å². The van der Waals surface area contributed by atoms with E-state index in [0.717, 1.165) is 113 Å². The number of H-pyrrole nitrogens is 1. The number of hydrogen-bond donors (Lipinski definition) is 2. The van der Waals surface area contributed by atoms with Gasteiger partial charge >= 0.3 is 0 Å². The van der Waals surface area contributed by atoms with Gasteiger partial charge in [0, 0.05) is 88.6 Å². The number of aryl methyl sites for hydroxylation is 1. The lowest BCUT2D eigenvalue weighted by Crippen LogP contribution is -2.48. The number of ether oxygens (including phenoxy) is 1. The van der Waals surface area contributed by atoms with Gasteiger partial charge < -0.3 is 24.8 Å². The number of nitrogens with one attached hydrogen (secondary N) is 2. The lowest BCUT2D eigenvalue weighted by Gasteiger charge is -2.39. The molecule has 0 unspecified atom stereocenters. The number of carbonyl (C=O) groups excluding carboxylic acids is 1. The van der Waals surface area contributed by atoms with Gasteiger partial charge in [0.25, 0.3) is 11.5 Å². The molecule has 52 heavy (non-hydrogen) atoms. The second kappa shape index (κ2) is 16.4. The molecule has 272 valence electrons. The Balaban J connectivity index is 0.803. The number of amides is 1. The smallest absolute Gasteiger partial charge is 0.254 e. The molecule has 0 radical (unpaired) electrons. The van der Waals surface area contributed by atoms with Crippen molar-refractivity contribution in [2.45, 2.75) is 70.6 Å². The number of nitrogens with zero attached hydrogens (tertiary/aromatic N) is 8. The van der Waals surface area contributed by atoms with E-state index in [1.165, 1.54) is 6.20 Å². The normalized spacial score (nSPS) is 20.4. The van der Waals surface area contributed by atoms with Crippen LogP contribution in [-0.4, -0.2) is 98.6 Å². The third-order valence-electron chi connectivity index (χ3n) is 10.6. The maximum Gasteiger partial charge on any atom is 0.254 e. The van der Waals surface area contributed by atoms with E-state index < -0.39 is 0 Å². The Bertz CT molecular complexity index is 1960. The number of piperidine rings is 1. The minimum absolute atomic E-state index is 0.00505. The molecule has 13 nitrogen and oxygen atoms in total. The van der Waals surface area contributed by atoms with Crippen molar-refractivity contribution in [3.63, 3.8) is 0 Å². The van der Waals surface area contributed by atoms with Crippen LogP contribution < -0.4 is 20.5 Å². The number of piperazine rings is 1. The summed E-state index contributed by atoms with van der Waals surface area (Å²) in [6.45, 7) is 9.85. The lowest BCUT2D eigenvalue weighted by molar-refractivity contribution is 0.0893. The summed E-state index contributed by atoms with van der Waals surface area (Å²) in [5.74, 6) is 1.71. The second-order valence-corrected chi connectivity index (χ2v) is 14.6. The van der Waals surface area contributed by atoms with E-state index in [1.54, 1.807) is 18.5 Å². The zero-order valence-electron chi connectivity index (χ0n) is 29.6. The van der Waals surface area contributed by atoms with Gasteiger partial charge in [0.05, 0.1) is 33.9 Å². The van der Waals surface area contributed by atoms with Crippen LogP contribution in [0.2, 0.25) is 5.02 Å². The summed E-state index contributed by atoms with van der Waals surface area (Å²) in [7, 11) is 0. The summed E-state index contributed by atoms with van der Waals surface area (Å²) in [5.41, 5.74) is 4.16. The highest BCUT2D eigenvalue weighted by Crippen LogP contribution is 2.27. The molecule has 0 aromatic carbocycles. The van der Waals surface area contributed by atoms with Crippen LogP contribution >= 0.6 is 11.6 Å². The average Bonchev–Trinajstić information content (AvgIpc) is 3.16. The summed E-state index contributed by atoms with van der Waals surface area (Å²) >= 11 is 6.08. The number of pyridine rings is 3. The fourth-order valence-corrected chi connectivity index (χ4v) is 7.74. The fourth-order valence-electron chi connectivity index (χ4n) is 7.54. The molecule has 2 saturated heterocycles. The summed E-state index contributed by atoms with van der Waals surface area (Å²) in [6.07, 6.45) is 12.8. The van der Waals surface area contributed by atoms with Crippen LogP contribution in [0.15, 0.2) is 47.8 Å². The molecule has 3 fully saturated rings. The minimum Gasteiger partial charge on any atom is -0.489 e. The van der Waals surface area contributed by atoms with Crippen molar-refractivity contribution in [1.82, 2.24) is 40.0 Å². The standard InChI is InChI=1S/C38H45ClN10O3/c1-2-27-16-33-34(46-36(27)50)15-26(19-41-33)24-48-13-11-47(12-14-48)23-25-7-9-49(10-8-25)38-43-20-28(21-44-38)37(51)45-29-3-5-30(6-4-29)52-31-17-32(39)35(18-40)42-22-31/h15-17,19-22,25,29-30H,2-14,23-24H2,1H3,(H,45,51)(H,46,50). The Morgan fingerprint density at radius 3 is 2.37 bits per heavy atom. The van der Waals surface area contributed by atoms with Gasteiger partial charge in [0.1, 0.15) is 11.8 Å². The van der Waals surface area contributed by atoms with Gasteiger partial charge in [0.2, 0.25) is 5.95 Å². The van der Waals surface area contributed by atoms with Gasteiger partial charge in [-0.1, -0.05) is 18.5 Å². The lowest BCUT2D eigenvalue weighted by atomic mass is 9.92. The highest BCUT2D eigenvalue weighted by Gasteiger charge is 2.27. The van der Waals surface area contributed by atoms with E-state index in [0.29, 0.717) is 29.6 Å². The number of fused-ring (bicyclic) bond motifs is 1. The maximum absolute atomic E-state index is 13.0. The number of halogens is 1. The monoisotopic (exact) mass is 724 g/mol. The molecule has 1 aliphatic carbocycles. The zero-order chi connectivity index (χ0) is 36.0. The van der Waals surface area contributed by atoms with Gasteiger partial charge in [-0.05, 0) is 68.6 Å². The number of anilines is 1. The Kier molecular flexibility index (Phi) is 11.2. The van der Waals surface area contributed by atoms with Crippen LogP contribution in [0, 0.1) is 17.2 Å². The molecule has 0 bridgehead atoms. The van der Waals surface area contributed by atoms with Crippen LogP contribution in [0.1, 0.15) is 72.6 Å². The van der Waals surface area contributed by atoms with Crippen molar-refractivity contribution < 1.29 is 9.53 Å². The SMILES string of the molecule is CCc1cc2ncc(CN3CCN(CC4CCN(c5ncc(C(=O)NC6CCC(Oc7cnc(C#N)c(Cl)c7)CC6)cn5)CC4)CC3)cc2[nH]c1=O. The Morgan fingerprint density at radius 2 is 1.67 bits per heavy atom. The molecule has 3 aliphatic rings. The predicted molar refractivity (Wildman–Crippen MR) is 199 cm³/mol. The number of aromatic amines is 1. The van der Waals surface area contributed by atoms with E-state index in [4.69, 9.17) is 21.6 Å². The summed E-state index contributed by atoms with van der Waals surface area (Å²) in [4.78, 5) is 53.3. The molecule has 7 rings (SSSR count). The molecular weight excluding hydrogens is 680 g/mol. The van der Waals surface area contributed by atoms with Crippen LogP contribution in [0.5, 0.6) is 5.75 Å². The van der Waals surface area contributed by atoms with E-state index in [2.05, 4.69) is 51.0 Å². The number of carbonyl (C=O) groups is 1. The van der Waals surface area contributed by atoms with Crippen LogP contribution in [0.4, 0.5) is 5.95 Å². The molecule has 1 amide bonds. The number of nitriles is 1. The number of hydrogen-bond acceptors (Lipinski definition) is 11. The third-order valence-corrected chi connectivity index (χ3v) is 10.9. The molecule has 1 saturated carbocycles. The largest absolute Gasteiger partial charge is 0.489 e. The molecule has 0 atom stereocenters. The van der Waals surface area contributed by atoms with Crippen LogP contribution in [0.25, 0.3) is 11.0 Å². The van der Waals surface area contributed by atoms with Crippen LogP contribution in [-0.2, 0) is 13.0 Å². The van der Waals surface area contributed by atoms with E-state index in [1.807, 2.05) is 25.3 Å². The third kappa shape index (κ3) is 8.69. The predicted octanol–water partition coefficient (Wildman–Crippen LogP) is 4.35. The number of rotatable bonds is 10. The molecular formula is C38H45ClN10O3. The molecule has 2 N–H and O–H groups in total.